The quantitative estimate of drug-likeness (QED) is 0.258. The van der Waals surface area contributed by atoms with Gasteiger partial charge >= 0.3 is 0 Å². The fourth-order valence-electron chi connectivity index (χ4n) is 4.45. The standard InChI is InChI=1S/C32H41N3O6S/c1-6-7-20-33-32(37)25(3)34(21-19-26-11-9-8-10-12-26)31(36)23-35(29-22-27(40-4)15-18-30(29)41-5)42(38,39)28-16-13-24(2)14-17-28/h8-18,22,25H,6-7,19-21,23H2,1-5H3,(H,33,37)/t25-/m0/s1. The van der Waals surface area contributed by atoms with Gasteiger partial charge in [0.15, 0.2) is 0 Å². The van der Waals surface area contributed by atoms with Gasteiger partial charge in [-0.15, -0.1) is 0 Å². The van der Waals surface area contributed by atoms with Gasteiger partial charge in [0.05, 0.1) is 24.8 Å². The summed E-state index contributed by atoms with van der Waals surface area (Å²) in [6.07, 6.45) is 2.22. The Morgan fingerprint density at radius 3 is 2.26 bits per heavy atom. The van der Waals surface area contributed by atoms with Crippen molar-refractivity contribution in [1.29, 1.82) is 0 Å². The number of anilines is 1. The molecule has 0 heterocycles. The molecule has 1 atom stereocenters. The fraction of sp³-hybridized carbons (Fsp3) is 0.375. The van der Waals surface area contributed by atoms with E-state index in [-0.39, 0.29) is 28.8 Å². The number of benzene rings is 3. The third-order valence-electron chi connectivity index (χ3n) is 7.02. The van der Waals surface area contributed by atoms with Crippen LogP contribution in [0.1, 0.15) is 37.8 Å². The highest BCUT2D eigenvalue weighted by Gasteiger charge is 2.34. The Labute approximate surface area is 249 Å². The number of amides is 2. The zero-order valence-corrected chi connectivity index (χ0v) is 25.8. The Kier molecular flexibility index (Phi) is 11.8. The van der Waals surface area contributed by atoms with Gasteiger partial charge in [0, 0.05) is 19.2 Å². The summed E-state index contributed by atoms with van der Waals surface area (Å²) in [7, 11) is -1.34. The molecule has 0 aromatic heterocycles. The average Bonchev–Trinajstić information content (AvgIpc) is 3.00. The molecule has 0 aliphatic rings. The molecule has 0 saturated heterocycles. The van der Waals surface area contributed by atoms with E-state index in [9.17, 15) is 18.0 Å². The van der Waals surface area contributed by atoms with Crippen molar-refractivity contribution < 1.29 is 27.5 Å². The van der Waals surface area contributed by atoms with Gasteiger partial charge in [-0.2, -0.15) is 0 Å². The summed E-state index contributed by atoms with van der Waals surface area (Å²) < 4.78 is 40.1. The van der Waals surface area contributed by atoms with Crippen LogP contribution in [-0.2, 0) is 26.0 Å². The maximum absolute atomic E-state index is 14.1. The lowest BCUT2D eigenvalue weighted by Gasteiger charge is -2.32. The predicted molar refractivity (Wildman–Crippen MR) is 164 cm³/mol. The largest absolute Gasteiger partial charge is 0.497 e. The van der Waals surface area contributed by atoms with E-state index in [4.69, 9.17) is 9.47 Å². The molecule has 1 N–H and O–H groups in total. The van der Waals surface area contributed by atoms with Gasteiger partial charge in [-0.3, -0.25) is 13.9 Å². The SMILES string of the molecule is CCCCNC(=O)[C@H](C)N(CCc1ccccc1)C(=O)CN(c1cc(OC)ccc1OC)S(=O)(=O)c1ccc(C)cc1. The van der Waals surface area contributed by atoms with E-state index in [1.165, 1.54) is 37.3 Å². The van der Waals surface area contributed by atoms with Gasteiger partial charge in [0.1, 0.15) is 24.1 Å². The molecule has 226 valence electrons. The molecular formula is C32H41N3O6S. The van der Waals surface area contributed by atoms with Crippen LogP contribution in [0.25, 0.3) is 0 Å². The molecule has 3 rings (SSSR count). The number of sulfonamides is 1. The first-order valence-corrected chi connectivity index (χ1v) is 15.5. The van der Waals surface area contributed by atoms with E-state index in [0.29, 0.717) is 18.7 Å². The van der Waals surface area contributed by atoms with Crippen LogP contribution >= 0.6 is 0 Å². The maximum atomic E-state index is 14.1. The van der Waals surface area contributed by atoms with E-state index < -0.39 is 28.5 Å². The normalized spacial score (nSPS) is 11.8. The van der Waals surface area contributed by atoms with Crippen molar-refractivity contribution in [3.63, 3.8) is 0 Å². The molecule has 9 nitrogen and oxygen atoms in total. The lowest BCUT2D eigenvalue weighted by molar-refractivity contribution is -0.138. The summed E-state index contributed by atoms with van der Waals surface area (Å²) in [4.78, 5) is 28.6. The number of nitrogens with one attached hydrogen (secondary N) is 1. The van der Waals surface area contributed by atoms with Crippen molar-refractivity contribution in [2.75, 3.05) is 38.2 Å². The predicted octanol–water partition coefficient (Wildman–Crippen LogP) is 4.58. The molecule has 2 amide bonds. The second kappa shape index (κ2) is 15.3. The van der Waals surface area contributed by atoms with Crippen molar-refractivity contribution in [2.24, 2.45) is 0 Å². The Morgan fingerprint density at radius 2 is 1.64 bits per heavy atom. The summed E-state index contributed by atoms with van der Waals surface area (Å²) in [5, 5.41) is 2.90. The minimum Gasteiger partial charge on any atom is -0.497 e. The number of ether oxygens (including phenoxy) is 2. The van der Waals surface area contributed by atoms with E-state index >= 15 is 0 Å². The number of hydrogen-bond donors (Lipinski definition) is 1. The lowest BCUT2D eigenvalue weighted by atomic mass is 10.1. The molecule has 0 radical (unpaired) electrons. The Hall–Kier alpha value is -4.05. The number of nitrogens with zero attached hydrogens (tertiary/aromatic N) is 2. The molecule has 0 aliphatic heterocycles. The topological polar surface area (TPSA) is 105 Å². The van der Waals surface area contributed by atoms with E-state index in [1.807, 2.05) is 44.2 Å². The van der Waals surface area contributed by atoms with E-state index in [0.717, 1.165) is 28.3 Å². The first-order valence-electron chi connectivity index (χ1n) is 14.0. The summed E-state index contributed by atoms with van der Waals surface area (Å²) in [5.74, 6) is -0.172. The molecule has 3 aromatic carbocycles. The first kappa shape index (κ1) is 32.5. The zero-order chi connectivity index (χ0) is 30.7. The smallest absolute Gasteiger partial charge is 0.264 e. The van der Waals surface area contributed by atoms with Crippen molar-refractivity contribution >= 4 is 27.5 Å². The Balaban J connectivity index is 2.04. The second-order valence-electron chi connectivity index (χ2n) is 10.0. The van der Waals surface area contributed by atoms with Crippen LogP contribution in [0.15, 0.2) is 77.7 Å². The zero-order valence-electron chi connectivity index (χ0n) is 25.0. The number of methoxy groups -OCH3 is 2. The van der Waals surface area contributed by atoms with Crippen molar-refractivity contribution in [1.82, 2.24) is 10.2 Å². The lowest BCUT2D eigenvalue weighted by Crippen LogP contribution is -2.52. The van der Waals surface area contributed by atoms with Crippen LogP contribution in [0.5, 0.6) is 11.5 Å². The number of carbonyl (C=O) groups excluding carboxylic acids is 2. The number of carbonyl (C=O) groups is 2. The molecule has 0 saturated carbocycles. The molecule has 0 unspecified atom stereocenters. The third-order valence-corrected chi connectivity index (χ3v) is 8.80. The van der Waals surface area contributed by atoms with Crippen molar-refractivity contribution in [2.45, 2.75) is 51.0 Å². The highest BCUT2D eigenvalue weighted by atomic mass is 32.2. The monoisotopic (exact) mass is 595 g/mol. The highest BCUT2D eigenvalue weighted by Crippen LogP contribution is 2.36. The first-order chi connectivity index (χ1) is 20.1. The summed E-state index contributed by atoms with van der Waals surface area (Å²) in [6, 6.07) is 20.0. The van der Waals surface area contributed by atoms with Crippen LogP contribution in [0, 0.1) is 6.92 Å². The molecule has 42 heavy (non-hydrogen) atoms. The van der Waals surface area contributed by atoms with Crippen molar-refractivity contribution in [3.05, 3.63) is 83.9 Å². The second-order valence-corrected chi connectivity index (χ2v) is 11.9. The van der Waals surface area contributed by atoms with Gasteiger partial charge in [-0.05, 0) is 56.5 Å². The number of hydrogen-bond acceptors (Lipinski definition) is 6. The Bertz CT molecular complexity index is 1430. The molecular weight excluding hydrogens is 554 g/mol. The maximum Gasteiger partial charge on any atom is 0.264 e. The van der Waals surface area contributed by atoms with Gasteiger partial charge in [0.25, 0.3) is 10.0 Å². The molecule has 0 spiro atoms. The third kappa shape index (κ3) is 8.25. The van der Waals surface area contributed by atoms with E-state index in [2.05, 4.69) is 5.32 Å². The Morgan fingerprint density at radius 1 is 0.952 bits per heavy atom. The van der Waals surface area contributed by atoms with Crippen LogP contribution in [0.2, 0.25) is 0 Å². The van der Waals surface area contributed by atoms with Gasteiger partial charge in [-0.1, -0.05) is 61.4 Å². The van der Waals surface area contributed by atoms with Crippen LogP contribution in [0.3, 0.4) is 0 Å². The molecule has 0 aliphatic carbocycles. The molecule has 10 heteroatoms. The van der Waals surface area contributed by atoms with Crippen LogP contribution < -0.4 is 19.1 Å². The van der Waals surface area contributed by atoms with E-state index in [1.54, 1.807) is 31.2 Å². The van der Waals surface area contributed by atoms with Crippen molar-refractivity contribution in [3.8, 4) is 11.5 Å². The average molecular weight is 596 g/mol. The molecule has 0 fully saturated rings. The van der Waals surface area contributed by atoms with Gasteiger partial charge < -0.3 is 19.7 Å². The molecule has 0 bridgehead atoms. The summed E-state index contributed by atoms with van der Waals surface area (Å²) in [6.45, 7) is 5.71. The summed E-state index contributed by atoms with van der Waals surface area (Å²) >= 11 is 0. The number of unbranched alkanes of at least 4 members (excludes halogenated alkanes) is 1. The highest BCUT2D eigenvalue weighted by molar-refractivity contribution is 7.92. The molecule has 3 aromatic rings. The fourth-order valence-corrected chi connectivity index (χ4v) is 5.87. The summed E-state index contributed by atoms with van der Waals surface area (Å²) in [5.41, 5.74) is 2.03. The number of rotatable bonds is 15. The van der Waals surface area contributed by atoms with Crippen LogP contribution in [0.4, 0.5) is 5.69 Å². The minimum atomic E-state index is -4.24. The van der Waals surface area contributed by atoms with Gasteiger partial charge in [-0.25, -0.2) is 8.42 Å². The number of aryl methyl sites for hydroxylation is 1. The van der Waals surface area contributed by atoms with Crippen LogP contribution in [-0.4, -0.2) is 65.0 Å². The minimum absolute atomic E-state index is 0.0203. The van der Waals surface area contributed by atoms with Gasteiger partial charge in [0.2, 0.25) is 11.8 Å².